The molecular formula is C16H13BrN2OS. The van der Waals surface area contributed by atoms with Crippen LogP contribution in [0.3, 0.4) is 0 Å². The number of pyridine rings is 1. The number of amides is 1. The van der Waals surface area contributed by atoms with Crippen LogP contribution in [0, 0.1) is 0 Å². The summed E-state index contributed by atoms with van der Waals surface area (Å²) in [4.78, 5) is 16.0. The minimum atomic E-state index is -0.0941. The first-order valence-electron chi connectivity index (χ1n) is 6.58. The van der Waals surface area contributed by atoms with Crippen LogP contribution in [0.25, 0.3) is 10.1 Å². The van der Waals surface area contributed by atoms with Crippen LogP contribution in [0.4, 0.5) is 0 Å². The van der Waals surface area contributed by atoms with Crippen LogP contribution in [-0.4, -0.2) is 17.4 Å². The first kappa shape index (κ1) is 14.2. The molecule has 0 atom stereocenters. The standard InChI is InChI=1S/C16H13BrN2OS/c17-13-7-12(8-18-9-13)16(20)19-6-5-11-10-21-15-4-2-1-3-14(11)15/h1-4,7-10H,5-6H2,(H,19,20). The first-order valence-corrected chi connectivity index (χ1v) is 8.25. The van der Waals surface area contributed by atoms with E-state index in [1.807, 2.05) is 12.1 Å². The highest BCUT2D eigenvalue weighted by atomic mass is 79.9. The number of hydrogen-bond acceptors (Lipinski definition) is 3. The zero-order chi connectivity index (χ0) is 14.7. The molecular weight excluding hydrogens is 348 g/mol. The van der Waals surface area contributed by atoms with E-state index >= 15 is 0 Å². The van der Waals surface area contributed by atoms with Crippen molar-refractivity contribution in [1.82, 2.24) is 10.3 Å². The minimum Gasteiger partial charge on any atom is -0.352 e. The number of nitrogens with one attached hydrogen (secondary N) is 1. The number of nitrogens with zero attached hydrogens (tertiary/aromatic N) is 1. The van der Waals surface area contributed by atoms with Gasteiger partial charge >= 0.3 is 0 Å². The Labute approximate surface area is 135 Å². The van der Waals surface area contributed by atoms with Crippen LogP contribution >= 0.6 is 27.3 Å². The van der Waals surface area contributed by atoms with Crippen molar-refractivity contribution in [2.75, 3.05) is 6.54 Å². The van der Waals surface area contributed by atoms with E-state index < -0.39 is 0 Å². The molecule has 2 heterocycles. The Kier molecular flexibility index (Phi) is 4.31. The molecule has 0 spiro atoms. The Morgan fingerprint density at radius 1 is 1.29 bits per heavy atom. The maximum Gasteiger partial charge on any atom is 0.252 e. The van der Waals surface area contributed by atoms with E-state index in [0.717, 1.165) is 10.9 Å². The Balaban J connectivity index is 1.62. The number of carbonyl (C=O) groups is 1. The SMILES string of the molecule is O=C(NCCc1csc2ccccc12)c1cncc(Br)c1. The molecule has 0 radical (unpaired) electrons. The minimum absolute atomic E-state index is 0.0941. The fourth-order valence-electron chi connectivity index (χ4n) is 2.18. The summed E-state index contributed by atoms with van der Waals surface area (Å²) in [5.41, 5.74) is 1.85. The summed E-state index contributed by atoms with van der Waals surface area (Å²) >= 11 is 5.06. The average Bonchev–Trinajstić information content (AvgIpc) is 2.91. The highest BCUT2D eigenvalue weighted by Gasteiger charge is 2.07. The number of fused-ring (bicyclic) bond motifs is 1. The maximum atomic E-state index is 12.0. The van der Waals surface area contributed by atoms with Gasteiger partial charge in [0.2, 0.25) is 0 Å². The van der Waals surface area contributed by atoms with Gasteiger partial charge in [0, 0.05) is 28.1 Å². The van der Waals surface area contributed by atoms with Gasteiger partial charge in [0.05, 0.1) is 5.56 Å². The lowest BCUT2D eigenvalue weighted by Crippen LogP contribution is -2.25. The molecule has 0 bridgehead atoms. The molecule has 1 amide bonds. The van der Waals surface area contributed by atoms with E-state index in [2.05, 4.69) is 43.7 Å². The summed E-state index contributed by atoms with van der Waals surface area (Å²) in [6, 6.07) is 10.1. The lowest BCUT2D eigenvalue weighted by molar-refractivity contribution is 0.0953. The Morgan fingerprint density at radius 3 is 3.00 bits per heavy atom. The van der Waals surface area contributed by atoms with Gasteiger partial charge in [-0.1, -0.05) is 18.2 Å². The summed E-state index contributed by atoms with van der Waals surface area (Å²) in [7, 11) is 0. The van der Waals surface area contributed by atoms with Crippen molar-refractivity contribution in [2.45, 2.75) is 6.42 Å². The molecule has 3 aromatic rings. The summed E-state index contributed by atoms with van der Waals surface area (Å²) in [5, 5.41) is 6.38. The van der Waals surface area contributed by atoms with Crippen LogP contribution in [0.2, 0.25) is 0 Å². The third-order valence-electron chi connectivity index (χ3n) is 3.21. The predicted molar refractivity (Wildman–Crippen MR) is 89.8 cm³/mol. The molecule has 1 aromatic carbocycles. The van der Waals surface area contributed by atoms with Crippen LogP contribution in [0.15, 0.2) is 52.6 Å². The van der Waals surface area contributed by atoms with Crippen molar-refractivity contribution in [3.8, 4) is 0 Å². The fraction of sp³-hybridized carbons (Fsp3) is 0.125. The van der Waals surface area contributed by atoms with Gasteiger partial charge in [-0.25, -0.2) is 0 Å². The van der Waals surface area contributed by atoms with Gasteiger partial charge in [-0.3, -0.25) is 9.78 Å². The Bertz CT molecular complexity index is 785. The monoisotopic (exact) mass is 360 g/mol. The molecule has 0 aliphatic heterocycles. The molecule has 0 saturated heterocycles. The van der Waals surface area contributed by atoms with Crippen molar-refractivity contribution in [3.05, 3.63) is 63.7 Å². The van der Waals surface area contributed by atoms with Crippen LogP contribution in [-0.2, 0) is 6.42 Å². The van der Waals surface area contributed by atoms with E-state index in [1.165, 1.54) is 15.6 Å². The Morgan fingerprint density at radius 2 is 2.14 bits per heavy atom. The summed E-state index contributed by atoms with van der Waals surface area (Å²) in [6.07, 6.45) is 4.06. The number of rotatable bonds is 4. The van der Waals surface area contributed by atoms with Gasteiger partial charge in [0.15, 0.2) is 0 Å². The van der Waals surface area contributed by atoms with E-state index in [-0.39, 0.29) is 5.91 Å². The molecule has 3 rings (SSSR count). The van der Waals surface area contributed by atoms with Gasteiger partial charge in [-0.2, -0.15) is 0 Å². The first-order chi connectivity index (χ1) is 10.2. The normalized spacial score (nSPS) is 10.7. The van der Waals surface area contributed by atoms with Crippen molar-refractivity contribution in [3.63, 3.8) is 0 Å². The smallest absolute Gasteiger partial charge is 0.252 e. The quantitative estimate of drug-likeness (QED) is 0.762. The maximum absolute atomic E-state index is 12.0. The third-order valence-corrected chi connectivity index (χ3v) is 4.65. The molecule has 0 aliphatic rings. The van der Waals surface area contributed by atoms with Gasteiger partial charge in [0.1, 0.15) is 0 Å². The van der Waals surface area contributed by atoms with E-state index in [9.17, 15) is 4.79 Å². The molecule has 0 fully saturated rings. The lowest BCUT2D eigenvalue weighted by atomic mass is 10.1. The van der Waals surface area contributed by atoms with Crippen molar-refractivity contribution < 1.29 is 4.79 Å². The number of carbonyl (C=O) groups excluding carboxylic acids is 1. The predicted octanol–water partition coefficient (Wildman–Crippen LogP) is 4.03. The second-order valence-electron chi connectivity index (χ2n) is 4.65. The van der Waals surface area contributed by atoms with E-state index in [0.29, 0.717) is 12.1 Å². The molecule has 1 N–H and O–H groups in total. The van der Waals surface area contributed by atoms with Gasteiger partial charge in [-0.15, -0.1) is 11.3 Å². The fourth-order valence-corrected chi connectivity index (χ4v) is 3.54. The van der Waals surface area contributed by atoms with E-state index in [4.69, 9.17) is 0 Å². The van der Waals surface area contributed by atoms with Crippen LogP contribution in [0.1, 0.15) is 15.9 Å². The van der Waals surface area contributed by atoms with Gasteiger partial charge < -0.3 is 5.32 Å². The van der Waals surface area contributed by atoms with E-state index in [1.54, 1.807) is 29.8 Å². The average molecular weight is 361 g/mol. The summed E-state index contributed by atoms with van der Waals surface area (Å²) in [5.74, 6) is -0.0941. The van der Waals surface area contributed by atoms with Gasteiger partial charge in [-0.05, 0) is 50.8 Å². The summed E-state index contributed by atoms with van der Waals surface area (Å²) in [6.45, 7) is 0.617. The number of halogens is 1. The highest BCUT2D eigenvalue weighted by molar-refractivity contribution is 9.10. The molecule has 2 aromatic heterocycles. The molecule has 0 aliphatic carbocycles. The second kappa shape index (κ2) is 6.37. The zero-order valence-electron chi connectivity index (χ0n) is 11.2. The summed E-state index contributed by atoms with van der Waals surface area (Å²) < 4.78 is 2.09. The molecule has 0 saturated carbocycles. The number of aromatic nitrogens is 1. The number of hydrogen-bond donors (Lipinski definition) is 1. The van der Waals surface area contributed by atoms with Crippen molar-refractivity contribution >= 4 is 43.3 Å². The lowest BCUT2D eigenvalue weighted by Gasteiger charge is -2.05. The number of benzene rings is 1. The number of thiophene rings is 1. The van der Waals surface area contributed by atoms with Crippen LogP contribution < -0.4 is 5.32 Å². The van der Waals surface area contributed by atoms with Gasteiger partial charge in [0.25, 0.3) is 5.91 Å². The Hall–Kier alpha value is -1.72. The van der Waals surface area contributed by atoms with Crippen molar-refractivity contribution in [1.29, 1.82) is 0 Å². The molecule has 21 heavy (non-hydrogen) atoms. The largest absolute Gasteiger partial charge is 0.352 e. The van der Waals surface area contributed by atoms with Crippen molar-refractivity contribution in [2.24, 2.45) is 0 Å². The zero-order valence-corrected chi connectivity index (χ0v) is 13.6. The third kappa shape index (κ3) is 3.31. The highest BCUT2D eigenvalue weighted by Crippen LogP contribution is 2.25. The molecule has 5 heteroatoms. The van der Waals surface area contributed by atoms with Crippen LogP contribution in [0.5, 0.6) is 0 Å². The topological polar surface area (TPSA) is 42.0 Å². The molecule has 3 nitrogen and oxygen atoms in total. The second-order valence-corrected chi connectivity index (χ2v) is 6.48. The molecule has 0 unspecified atom stereocenters. The molecule has 106 valence electrons.